The summed E-state index contributed by atoms with van der Waals surface area (Å²) in [5, 5.41) is 5.38. The van der Waals surface area contributed by atoms with Crippen LogP contribution in [0.4, 0.5) is 10.5 Å². The Balaban J connectivity index is 1.86. The molecule has 1 N–H and O–H groups in total. The van der Waals surface area contributed by atoms with Crippen LogP contribution in [-0.2, 0) is 4.74 Å². The second-order valence-corrected chi connectivity index (χ2v) is 9.20. The molecule has 2 amide bonds. The number of pyridine rings is 1. The van der Waals surface area contributed by atoms with Gasteiger partial charge in [0.1, 0.15) is 10.5 Å². The summed E-state index contributed by atoms with van der Waals surface area (Å²) in [6.07, 6.45) is -0.612. The Hall–Kier alpha value is -2.67. The van der Waals surface area contributed by atoms with Gasteiger partial charge in [0.25, 0.3) is 5.91 Å². The van der Waals surface area contributed by atoms with Crippen molar-refractivity contribution in [3.05, 3.63) is 34.8 Å². The van der Waals surface area contributed by atoms with E-state index in [4.69, 9.17) is 4.74 Å². The number of carbonyl (C=O) groups excluding carboxylic acids is 2. The van der Waals surface area contributed by atoms with E-state index in [9.17, 15) is 9.59 Å². The molecule has 0 aliphatic carbocycles. The number of nitrogens with zero attached hydrogens (tertiary/aromatic N) is 2. The fourth-order valence-electron chi connectivity index (χ4n) is 3.45. The first-order valence-electron chi connectivity index (χ1n) is 9.29. The number of benzene rings is 1. The zero-order valence-corrected chi connectivity index (χ0v) is 17.4. The monoisotopic (exact) mass is 397 g/mol. The summed E-state index contributed by atoms with van der Waals surface area (Å²) in [7, 11) is 0. The molecule has 4 rings (SSSR count). The Kier molecular flexibility index (Phi) is 4.30. The average molecular weight is 398 g/mol. The van der Waals surface area contributed by atoms with Crippen molar-refractivity contribution in [1.82, 2.24) is 9.88 Å². The van der Waals surface area contributed by atoms with Crippen LogP contribution in [0.3, 0.4) is 0 Å². The zero-order valence-electron chi connectivity index (χ0n) is 16.6. The second kappa shape index (κ2) is 6.44. The largest absolute Gasteiger partial charge is 0.443 e. The number of hydrogen-bond acceptors (Lipinski definition) is 6. The molecule has 0 bridgehead atoms. The topological polar surface area (TPSA) is 71.5 Å². The number of thiophene rings is 1. The molecule has 6 nitrogen and oxygen atoms in total. The fraction of sp³-hybridized carbons (Fsp3) is 0.381. The number of nitrogens with one attached hydrogen (secondary N) is 1. The molecule has 1 aliphatic rings. The van der Waals surface area contributed by atoms with Gasteiger partial charge in [0.05, 0.1) is 17.2 Å². The minimum Gasteiger partial charge on any atom is -0.443 e. The van der Waals surface area contributed by atoms with Gasteiger partial charge in [-0.25, -0.2) is 9.69 Å². The van der Waals surface area contributed by atoms with Crippen LogP contribution in [0.15, 0.2) is 24.3 Å². The first kappa shape index (κ1) is 18.7. The number of fused-ring (bicyclic) bond motifs is 5. The molecule has 1 aromatic carbocycles. The molecule has 1 atom stereocenters. The Morgan fingerprint density at radius 1 is 1.29 bits per heavy atom. The minimum atomic E-state index is -0.667. The molecule has 0 saturated carbocycles. The van der Waals surface area contributed by atoms with Crippen LogP contribution in [0.25, 0.3) is 21.0 Å². The molecule has 0 radical (unpaired) electrons. The summed E-state index contributed by atoms with van der Waals surface area (Å²) >= 11 is 1.39. The number of aryl methyl sites for hydroxylation is 1. The zero-order chi connectivity index (χ0) is 20.2. The van der Waals surface area contributed by atoms with Crippen molar-refractivity contribution >= 4 is 50.0 Å². The van der Waals surface area contributed by atoms with Crippen LogP contribution in [0.2, 0.25) is 0 Å². The predicted octanol–water partition coefficient (Wildman–Crippen LogP) is 4.95. The standard InChI is InChI=1S/C21H23N3O3S/c1-11-6-7-13-14(23-11)8-9-15-16(13)17-18(28-15)19(25)24(12(2)10-22-17)20(26)27-21(3,4)5/h6-9,12,22H,10H2,1-5H3/t12-/m0/s1. The number of amides is 2. The van der Waals surface area contributed by atoms with Crippen LogP contribution >= 0.6 is 11.3 Å². The van der Waals surface area contributed by atoms with Crippen molar-refractivity contribution in [3.63, 3.8) is 0 Å². The van der Waals surface area contributed by atoms with Crippen molar-refractivity contribution in [2.45, 2.75) is 46.3 Å². The van der Waals surface area contributed by atoms with E-state index < -0.39 is 11.7 Å². The van der Waals surface area contributed by atoms with E-state index in [1.165, 1.54) is 16.2 Å². The van der Waals surface area contributed by atoms with Gasteiger partial charge in [0, 0.05) is 27.7 Å². The second-order valence-electron chi connectivity index (χ2n) is 8.15. The average Bonchev–Trinajstić information content (AvgIpc) is 2.91. The van der Waals surface area contributed by atoms with Gasteiger partial charge in [-0.2, -0.15) is 0 Å². The van der Waals surface area contributed by atoms with Crippen molar-refractivity contribution in [2.75, 3.05) is 11.9 Å². The molecule has 7 heteroatoms. The summed E-state index contributed by atoms with van der Waals surface area (Å²) in [5.41, 5.74) is 1.95. The third kappa shape index (κ3) is 3.09. The summed E-state index contributed by atoms with van der Waals surface area (Å²) in [5.74, 6) is -0.323. The van der Waals surface area contributed by atoms with Crippen molar-refractivity contribution in [2.24, 2.45) is 0 Å². The molecule has 28 heavy (non-hydrogen) atoms. The van der Waals surface area contributed by atoms with E-state index in [-0.39, 0.29) is 11.9 Å². The molecule has 2 aromatic heterocycles. The van der Waals surface area contributed by atoms with E-state index in [1.807, 2.05) is 38.1 Å². The van der Waals surface area contributed by atoms with Crippen molar-refractivity contribution < 1.29 is 14.3 Å². The highest BCUT2D eigenvalue weighted by atomic mass is 32.1. The molecule has 3 aromatic rings. The summed E-state index contributed by atoms with van der Waals surface area (Å²) in [4.78, 5) is 32.4. The summed E-state index contributed by atoms with van der Waals surface area (Å²) < 4.78 is 6.47. The van der Waals surface area contributed by atoms with Gasteiger partial charge < -0.3 is 10.1 Å². The third-order valence-electron chi connectivity index (χ3n) is 4.68. The highest BCUT2D eigenvalue weighted by Crippen LogP contribution is 2.42. The summed E-state index contributed by atoms with van der Waals surface area (Å²) in [6, 6.07) is 7.64. The van der Waals surface area contributed by atoms with Crippen LogP contribution in [0, 0.1) is 6.92 Å². The normalized spacial score (nSPS) is 17.4. The lowest BCUT2D eigenvalue weighted by Crippen LogP contribution is -2.46. The molecule has 0 unspecified atom stereocenters. The van der Waals surface area contributed by atoms with E-state index in [0.29, 0.717) is 11.4 Å². The van der Waals surface area contributed by atoms with Gasteiger partial charge in [-0.05, 0) is 52.8 Å². The number of ether oxygens (including phenoxy) is 1. The number of aromatic nitrogens is 1. The predicted molar refractivity (Wildman–Crippen MR) is 112 cm³/mol. The Bertz CT molecular complexity index is 1110. The molecule has 0 fully saturated rings. The number of hydrogen-bond donors (Lipinski definition) is 1. The number of carbonyl (C=O) groups is 2. The molecule has 3 heterocycles. The van der Waals surface area contributed by atoms with Gasteiger partial charge >= 0.3 is 6.09 Å². The van der Waals surface area contributed by atoms with E-state index >= 15 is 0 Å². The van der Waals surface area contributed by atoms with Crippen LogP contribution in [0.1, 0.15) is 43.1 Å². The third-order valence-corrected chi connectivity index (χ3v) is 5.82. The van der Waals surface area contributed by atoms with E-state index in [0.717, 1.165) is 32.4 Å². The molecule has 0 spiro atoms. The van der Waals surface area contributed by atoms with E-state index in [1.54, 1.807) is 20.8 Å². The van der Waals surface area contributed by atoms with Crippen molar-refractivity contribution in [3.8, 4) is 0 Å². The van der Waals surface area contributed by atoms with Gasteiger partial charge in [-0.3, -0.25) is 9.78 Å². The highest BCUT2D eigenvalue weighted by molar-refractivity contribution is 7.21. The molecular weight excluding hydrogens is 374 g/mol. The van der Waals surface area contributed by atoms with Crippen LogP contribution < -0.4 is 5.32 Å². The smallest absolute Gasteiger partial charge is 0.417 e. The Morgan fingerprint density at radius 2 is 2.04 bits per heavy atom. The minimum absolute atomic E-state index is 0.323. The number of rotatable bonds is 0. The first-order chi connectivity index (χ1) is 13.2. The number of anilines is 1. The van der Waals surface area contributed by atoms with Gasteiger partial charge in [-0.15, -0.1) is 11.3 Å². The van der Waals surface area contributed by atoms with Crippen molar-refractivity contribution in [1.29, 1.82) is 0 Å². The Morgan fingerprint density at radius 3 is 2.75 bits per heavy atom. The molecule has 0 saturated heterocycles. The lowest BCUT2D eigenvalue weighted by atomic mass is 10.1. The Labute approximate surface area is 167 Å². The maximum Gasteiger partial charge on any atom is 0.417 e. The van der Waals surface area contributed by atoms with E-state index in [2.05, 4.69) is 10.3 Å². The number of imide groups is 1. The molecule has 146 valence electrons. The molecule has 1 aliphatic heterocycles. The maximum atomic E-state index is 13.3. The van der Waals surface area contributed by atoms with Gasteiger partial charge in [0.2, 0.25) is 0 Å². The lowest BCUT2D eigenvalue weighted by molar-refractivity contribution is 0.0192. The SMILES string of the molecule is Cc1ccc2c(ccc3sc4c(c32)NC[C@H](C)N(C(=O)OC(C)(C)C)C4=O)n1. The fourth-order valence-corrected chi connectivity index (χ4v) is 4.58. The van der Waals surface area contributed by atoms with Gasteiger partial charge in [-0.1, -0.05) is 6.07 Å². The maximum absolute atomic E-state index is 13.3. The highest BCUT2D eigenvalue weighted by Gasteiger charge is 2.37. The first-order valence-corrected chi connectivity index (χ1v) is 10.1. The molecular formula is C21H23N3O3S. The summed E-state index contributed by atoms with van der Waals surface area (Å²) in [6.45, 7) is 9.64. The lowest BCUT2D eigenvalue weighted by Gasteiger charge is -2.28. The van der Waals surface area contributed by atoms with Crippen LogP contribution in [-0.4, -0.2) is 40.1 Å². The van der Waals surface area contributed by atoms with Crippen LogP contribution in [0.5, 0.6) is 0 Å². The quantitative estimate of drug-likeness (QED) is 0.581. The van der Waals surface area contributed by atoms with Gasteiger partial charge in [0.15, 0.2) is 0 Å².